The van der Waals surface area contributed by atoms with Crippen molar-refractivity contribution in [2.24, 2.45) is 17.6 Å². The summed E-state index contributed by atoms with van der Waals surface area (Å²) >= 11 is 0. The molecule has 0 saturated carbocycles. The Balaban J connectivity index is 3.94. The minimum Gasteiger partial charge on any atom is -0.463 e. The zero-order valence-electron chi connectivity index (χ0n) is 15.7. The number of hydrogen-bond acceptors (Lipinski definition) is 5. The highest BCUT2D eigenvalue weighted by Gasteiger charge is 2.20. The molecule has 0 bridgehead atoms. The molecule has 0 unspecified atom stereocenters. The van der Waals surface area contributed by atoms with Gasteiger partial charge in [0.2, 0.25) is 0 Å². The molecule has 0 aliphatic heterocycles. The normalized spacial score (nSPS) is 13.9. The molecule has 5 heteroatoms. The fourth-order valence-corrected chi connectivity index (χ4v) is 1.76. The van der Waals surface area contributed by atoms with Crippen LogP contribution in [0.15, 0.2) is 24.8 Å². The summed E-state index contributed by atoms with van der Waals surface area (Å²) in [5.74, 6) is -0.288. The number of ether oxygens (including phenoxy) is 2. The quantitative estimate of drug-likeness (QED) is 0.233. The van der Waals surface area contributed by atoms with Crippen molar-refractivity contribution < 1.29 is 14.3 Å². The number of esters is 1. The van der Waals surface area contributed by atoms with E-state index < -0.39 is 5.54 Å². The molecule has 3 N–H and O–H groups in total. The maximum Gasteiger partial charge on any atom is 0.312 e. The Bertz CT molecular complexity index is 438. The number of allylic oxidation sites excluding steroid dienone is 1. The van der Waals surface area contributed by atoms with E-state index in [1.165, 1.54) is 0 Å². The van der Waals surface area contributed by atoms with E-state index in [2.05, 4.69) is 20.1 Å². The van der Waals surface area contributed by atoms with Crippen LogP contribution in [0.3, 0.4) is 0 Å². The molecule has 5 nitrogen and oxygen atoms in total. The largest absolute Gasteiger partial charge is 0.463 e. The molecule has 0 rings (SSSR count). The molecule has 0 spiro atoms. The van der Waals surface area contributed by atoms with E-state index in [0.29, 0.717) is 37.7 Å². The lowest BCUT2D eigenvalue weighted by Gasteiger charge is -2.20. The Morgan fingerprint density at radius 1 is 1.33 bits per heavy atom. The van der Waals surface area contributed by atoms with E-state index >= 15 is 0 Å². The highest BCUT2D eigenvalue weighted by molar-refractivity contribution is 5.82. The summed E-state index contributed by atoms with van der Waals surface area (Å²) in [5.41, 5.74) is 6.60. The molecular weight excluding hydrogens is 304 g/mol. The maximum atomic E-state index is 11.9. The summed E-state index contributed by atoms with van der Waals surface area (Å²) in [4.78, 5) is 11.9. The van der Waals surface area contributed by atoms with Crippen LogP contribution in [-0.4, -0.2) is 37.0 Å². The summed E-state index contributed by atoms with van der Waals surface area (Å²) in [7, 11) is 0. The topological polar surface area (TPSA) is 85.4 Å². The zero-order chi connectivity index (χ0) is 18.8. The Morgan fingerprint density at radius 3 is 2.50 bits per heavy atom. The summed E-state index contributed by atoms with van der Waals surface area (Å²) in [6.07, 6.45) is 4.09. The molecule has 0 aromatic carbocycles. The van der Waals surface area contributed by atoms with Crippen molar-refractivity contribution in [2.75, 3.05) is 19.8 Å². The Morgan fingerprint density at radius 2 is 1.96 bits per heavy atom. The number of carbonyl (C=O) groups excluding carboxylic acids is 1. The van der Waals surface area contributed by atoms with E-state index in [1.54, 1.807) is 20.8 Å². The monoisotopic (exact) mass is 338 g/mol. The van der Waals surface area contributed by atoms with E-state index in [9.17, 15) is 4.79 Å². The summed E-state index contributed by atoms with van der Waals surface area (Å²) in [6.45, 7) is 16.1. The number of hydrogen-bond donors (Lipinski definition) is 2. The van der Waals surface area contributed by atoms with Crippen molar-refractivity contribution in [3.8, 4) is 0 Å². The van der Waals surface area contributed by atoms with Gasteiger partial charge < -0.3 is 20.6 Å². The van der Waals surface area contributed by atoms with Crippen molar-refractivity contribution in [3.63, 3.8) is 0 Å². The fourth-order valence-electron chi connectivity index (χ4n) is 1.76. The van der Waals surface area contributed by atoms with Gasteiger partial charge in [-0.05, 0) is 46.0 Å². The van der Waals surface area contributed by atoms with Gasteiger partial charge in [0, 0.05) is 11.3 Å². The lowest BCUT2D eigenvalue weighted by molar-refractivity contribution is -0.148. The molecule has 24 heavy (non-hydrogen) atoms. The highest BCUT2D eigenvalue weighted by atomic mass is 16.5. The van der Waals surface area contributed by atoms with Gasteiger partial charge >= 0.3 is 5.97 Å². The second-order valence-electron chi connectivity index (χ2n) is 7.13. The van der Waals surface area contributed by atoms with E-state index in [-0.39, 0.29) is 18.5 Å². The molecule has 0 aromatic heterocycles. The third kappa shape index (κ3) is 11.1. The third-order valence-corrected chi connectivity index (χ3v) is 3.70. The second-order valence-corrected chi connectivity index (χ2v) is 7.13. The average Bonchev–Trinajstić information content (AvgIpc) is 2.52. The standard InChI is InChI=1S/C19H34N2O3/c1-7-14(2)8-9-17(20)12-23-11-10-15(3)16(4)18(22)24-13-19(5,6)21/h7,14,16,20H,1,3,8-13,21H2,2,4-6H3/t14-,16-/m1/s1. The van der Waals surface area contributed by atoms with Gasteiger partial charge in [0.05, 0.1) is 19.1 Å². The van der Waals surface area contributed by atoms with E-state index in [4.69, 9.17) is 20.6 Å². The van der Waals surface area contributed by atoms with Crippen molar-refractivity contribution in [2.45, 2.75) is 52.5 Å². The number of nitrogens with two attached hydrogens (primary N) is 1. The molecule has 0 aliphatic carbocycles. The molecular formula is C19H34N2O3. The van der Waals surface area contributed by atoms with Crippen LogP contribution in [0, 0.1) is 17.2 Å². The minimum atomic E-state index is -0.538. The van der Waals surface area contributed by atoms with Crippen LogP contribution in [0.5, 0.6) is 0 Å². The molecule has 2 atom stereocenters. The van der Waals surface area contributed by atoms with Gasteiger partial charge in [-0.15, -0.1) is 6.58 Å². The first-order valence-electron chi connectivity index (χ1n) is 8.46. The van der Waals surface area contributed by atoms with Crippen molar-refractivity contribution in [1.29, 1.82) is 5.41 Å². The first-order valence-corrected chi connectivity index (χ1v) is 8.46. The van der Waals surface area contributed by atoms with Gasteiger partial charge in [0.15, 0.2) is 0 Å². The summed E-state index contributed by atoms with van der Waals surface area (Å²) in [5, 5.41) is 7.84. The highest BCUT2D eigenvalue weighted by Crippen LogP contribution is 2.15. The average molecular weight is 338 g/mol. The van der Waals surface area contributed by atoms with Gasteiger partial charge in [-0.1, -0.05) is 25.2 Å². The molecule has 0 aromatic rings. The van der Waals surface area contributed by atoms with Crippen molar-refractivity contribution in [1.82, 2.24) is 0 Å². The van der Waals surface area contributed by atoms with Crippen LogP contribution in [0.1, 0.15) is 47.0 Å². The first kappa shape index (κ1) is 22.5. The Labute approximate surface area is 146 Å². The number of carbonyl (C=O) groups is 1. The van der Waals surface area contributed by atoms with Crippen LogP contribution in [0.4, 0.5) is 0 Å². The Hall–Kier alpha value is -1.46. The van der Waals surface area contributed by atoms with Gasteiger partial charge in [0.25, 0.3) is 0 Å². The Kier molecular flexibility index (Phi) is 10.5. The molecule has 0 fully saturated rings. The zero-order valence-corrected chi connectivity index (χ0v) is 15.7. The van der Waals surface area contributed by atoms with Crippen LogP contribution in [-0.2, 0) is 14.3 Å². The molecule has 0 saturated heterocycles. The predicted molar refractivity (Wildman–Crippen MR) is 99.3 cm³/mol. The van der Waals surface area contributed by atoms with Gasteiger partial charge in [-0.2, -0.15) is 0 Å². The van der Waals surface area contributed by atoms with Crippen LogP contribution < -0.4 is 5.73 Å². The predicted octanol–water partition coefficient (Wildman–Crippen LogP) is 3.49. The molecule has 0 amide bonds. The smallest absolute Gasteiger partial charge is 0.312 e. The lowest BCUT2D eigenvalue weighted by Crippen LogP contribution is -2.39. The first-order chi connectivity index (χ1) is 11.1. The summed E-state index contributed by atoms with van der Waals surface area (Å²) in [6, 6.07) is 0. The molecule has 138 valence electrons. The van der Waals surface area contributed by atoms with Crippen LogP contribution in [0.25, 0.3) is 0 Å². The fraction of sp³-hybridized carbons (Fsp3) is 0.684. The molecule has 0 heterocycles. The van der Waals surface area contributed by atoms with Crippen LogP contribution >= 0.6 is 0 Å². The lowest BCUT2D eigenvalue weighted by atomic mass is 10.0. The third-order valence-electron chi connectivity index (χ3n) is 3.70. The number of rotatable bonds is 13. The van der Waals surface area contributed by atoms with Crippen LogP contribution in [0.2, 0.25) is 0 Å². The summed E-state index contributed by atoms with van der Waals surface area (Å²) < 4.78 is 10.7. The van der Waals surface area contributed by atoms with E-state index in [1.807, 2.05) is 6.08 Å². The SMILES string of the molecule is C=C[C@@H](C)CCC(=N)COCCC(=C)[C@@H](C)C(=O)OCC(C)(C)N. The number of nitrogens with one attached hydrogen (secondary N) is 1. The molecule has 0 aliphatic rings. The second kappa shape index (κ2) is 11.2. The van der Waals surface area contributed by atoms with E-state index in [0.717, 1.165) is 12.0 Å². The molecule has 0 radical (unpaired) electrons. The van der Waals surface area contributed by atoms with Gasteiger partial charge in [-0.25, -0.2) is 0 Å². The maximum absolute atomic E-state index is 11.9. The van der Waals surface area contributed by atoms with Crippen molar-refractivity contribution in [3.05, 3.63) is 24.8 Å². The van der Waals surface area contributed by atoms with Gasteiger partial charge in [0.1, 0.15) is 6.61 Å². The minimum absolute atomic E-state index is 0.181. The van der Waals surface area contributed by atoms with Gasteiger partial charge in [-0.3, -0.25) is 4.79 Å². The van der Waals surface area contributed by atoms with Crippen molar-refractivity contribution >= 4 is 11.7 Å².